The van der Waals surface area contributed by atoms with Crippen LogP contribution in [0.15, 0.2) is 16.3 Å². The molecule has 0 spiro atoms. The predicted octanol–water partition coefficient (Wildman–Crippen LogP) is 2.58. The molecule has 0 aromatic carbocycles. The second-order valence-electron chi connectivity index (χ2n) is 7.09. The summed E-state index contributed by atoms with van der Waals surface area (Å²) in [6.07, 6.45) is 3.24. The van der Waals surface area contributed by atoms with Gasteiger partial charge in [-0.25, -0.2) is 0 Å². The minimum atomic E-state index is -0.297. The maximum Gasteiger partial charge on any atom is 0.322 e. The van der Waals surface area contributed by atoms with Crippen molar-refractivity contribution in [2.75, 3.05) is 20.7 Å². The molecule has 6 heteroatoms. The summed E-state index contributed by atoms with van der Waals surface area (Å²) in [7, 11) is 3.11. The number of ether oxygens (including phenoxy) is 1. The van der Waals surface area contributed by atoms with Gasteiger partial charge in [-0.3, -0.25) is 14.6 Å². The van der Waals surface area contributed by atoms with Gasteiger partial charge in [-0.05, 0) is 38.6 Å². The number of unbranched alkanes of at least 4 members (excludes halogenated alkanes) is 1. The fourth-order valence-electron chi connectivity index (χ4n) is 3.01. The summed E-state index contributed by atoms with van der Waals surface area (Å²) in [5.41, 5.74) is 0.796. The van der Waals surface area contributed by atoms with E-state index in [4.69, 9.17) is 4.74 Å². The van der Waals surface area contributed by atoms with Gasteiger partial charge in [0, 0.05) is 25.1 Å². The lowest BCUT2D eigenvalue weighted by atomic mass is 9.76. The van der Waals surface area contributed by atoms with Crippen molar-refractivity contribution in [1.82, 2.24) is 5.32 Å². The van der Waals surface area contributed by atoms with Crippen molar-refractivity contribution in [3.8, 4) is 0 Å². The molecular weight excluding hydrogens is 308 g/mol. The molecule has 0 radical (unpaired) electrons. The van der Waals surface area contributed by atoms with Gasteiger partial charge in [0.15, 0.2) is 5.78 Å². The SMILES string of the molecule is CNC(CCCCN=C(C)C1=C(O)CC(C)(C)CC1=O)C(=O)OC. The molecule has 0 aliphatic heterocycles. The largest absolute Gasteiger partial charge is 0.511 e. The molecule has 0 aromatic rings. The Morgan fingerprint density at radius 2 is 2.04 bits per heavy atom. The number of nitrogens with one attached hydrogen (secondary N) is 1. The highest BCUT2D eigenvalue weighted by Crippen LogP contribution is 2.36. The molecule has 1 aliphatic carbocycles. The number of rotatable bonds is 8. The summed E-state index contributed by atoms with van der Waals surface area (Å²) in [6.45, 7) is 6.29. The Morgan fingerprint density at radius 3 is 2.58 bits per heavy atom. The zero-order chi connectivity index (χ0) is 18.3. The van der Waals surface area contributed by atoms with Gasteiger partial charge in [0.05, 0.1) is 12.7 Å². The van der Waals surface area contributed by atoms with E-state index in [2.05, 4.69) is 10.3 Å². The van der Waals surface area contributed by atoms with Crippen LogP contribution in [-0.2, 0) is 14.3 Å². The molecule has 0 saturated heterocycles. The van der Waals surface area contributed by atoms with E-state index < -0.39 is 0 Å². The molecule has 6 nitrogen and oxygen atoms in total. The van der Waals surface area contributed by atoms with E-state index >= 15 is 0 Å². The molecule has 1 rings (SSSR count). The van der Waals surface area contributed by atoms with Crippen LogP contribution in [0.25, 0.3) is 0 Å². The van der Waals surface area contributed by atoms with Crippen molar-refractivity contribution < 1.29 is 19.4 Å². The van der Waals surface area contributed by atoms with Crippen molar-refractivity contribution >= 4 is 17.5 Å². The third-order valence-electron chi connectivity index (χ3n) is 4.30. The normalized spacial score (nSPS) is 19.4. The van der Waals surface area contributed by atoms with Gasteiger partial charge in [-0.2, -0.15) is 0 Å². The first-order valence-corrected chi connectivity index (χ1v) is 8.43. The van der Waals surface area contributed by atoms with Crippen molar-refractivity contribution in [3.05, 3.63) is 11.3 Å². The lowest BCUT2D eigenvalue weighted by Crippen LogP contribution is -2.34. The topological polar surface area (TPSA) is 88.0 Å². The van der Waals surface area contributed by atoms with Crippen molar-refractivity contribution in [3.63, 3.8) is 0 Å². The maximum atomic E-state index is 12.2. The number of esters is 1. The smallest absolute Gasteiger partial charge is 0.322 e. The average molecular weight is 338 g/mol. The highest BCUT2D eigenvalue weighted by Gasteiger charge is 2.33. The molecule has 0 aromatic heterocycles. The molecule has 0 saturated carbocycles. The number of methoxy groups -OCH3 is 1. The van der Waals surface area contributed by atoms with E-state index in [0.717, 1.165) is 12.8 Å². The number of nitrogens with zero attached hydrogens (tertiary/aromatic N) is 1. The molecule has 0 heterocycles. The summed E-state index contributed by atoms with van der Waals surface area (Å²) in [6, 6.07) is -0.297. The van der Waals surface area contributed by atoms with E-state index in [1.54, 1.807) is 14.0 Å². The number of hydrogen-bond acceptors (Lipinski definition) is 6. The standard InChI is InChI=1S/C18H30N2O4/c1-12(16-14(21)10-18(2,3)11-15(16)22)20-9-7-6-8-13(19-4)17(23)24-5/h13,19,21H,6-11H2,1-5H3. The van der Waals surface area contributed by atoms with Gasteiger partial charge in [0.2, 0.25) is 0 Å². The molecule has 1 atom stereocenters. The third-order valence-corrected chi connectivity index (χ3v) is 4.30. The number of carbonyl (C=O) groups excluding carboxylic acids is 2. The average Bonchev–Trinajstić information content (AvgIpc) is 2.48. The summed E-state index contributed by atoms with van der Waals surface area (Å²) in [5.74, 6) is -0.146. The zero-order valence-corrected chi connectivity index (χ0v) is 15.4. The van der Waals surface area contributed by atoms with Gasteiger partial charge in [0.25, 0.3) is 0 Å². The highest BCUT2D eigenvalue weighted by molar-refractivity contribution is 6.22. The van der Waals surface area contributed by atoms with Crippen LogP contribution in [0.3, 0.4) is 0 Å². The Balaban J connectivity index is 2.53. The van der Waals surface area contributed by atoms with Crippen LogP contribution in [-0.4, -0.2) is 49.3 Å². The molecule has 1 aliphatic rings. The number of likely N-dealkylation sites (N-methyl/N-ethyl adjacent to an activating group) is 1. The molecule has 2 N–H and O–H groups in total. The minimum Gasteiger partial charge on any atom is -0.511 e. The van der Waals surface area contributed by atoms with E-state index in [0.29, 0.717) is 37.1 Å². The number of allylic oxidation sites excluding steroid dienone is 2. The monoisotopic (exact) mass is 338 g/mol. The Labute approximate surface area is 144 Å². The quantitative estimate of drug-likeness (QED) is 0.403. The van der Waals surface area contributed by atoms with E-state index in [1.165, 1.54) is 7.11 Å². The maximum absolute atomic E-state index is 12.2. The molecule has 1 unspecified atom stereocenters. The van der Waals surface area contributed by atoms with Crippen LogP contribution in [0.5, 0.6) is 0 Å². The molecular formula is C18H30N2O4. The lowest BCUT2D eigenvalue weighted by molar-refractivity contribution is -0.143. The first kappa shape index (κ1) is 20.4. The first-order valence-electron chi connectivity index (χ1n) is 8.43. The molecule has 0 bridgehead atoms. The van der Waals surface area contributed by atoms with Crippen molar-refractivity contribution in [2.24, 2.45) is 10.4 Å². The molecule has 24 heavy (non-hydrogen) atoms. The third kappa shape index (κ3) is 5.74. The Kier molecular flexibility index (Phi) is 7.60. The summed E-state index contributed by atoms with van der Waals surface area (Å²) in [4.78, 5) is 28.1. The van der Waals surface area contributed by atoms with Crippen LogP contribution in [0.4, 0.5) is 0 Å². The first-order chi connectivity index (χ1) is 11.2. The van der Waals surface area contributed by atoms with E-state index in [9.17, 15) is 14.7 Å². The Bertz CT molecular complexity index is 535. The van der Waals surface area contributed by atoms with Crippen molar-refractivity contribution in [1.29, 1.82) is 0 Å². The number of aliphatic hydroxyl groups excluding tert-OH is 1. The van der Waals surface area contributed by atoms with E-state index in [1.807, 2.05) is 13.8 Å². The number of carbonyl (C=O) groups is 2. The predicted molar refractivity (Wildman–Crippen MR) is 94.4 cm³/mol. The highest BCUT2D eigenvalue weighted by atomic mass is 16.5. The number of hydrogen-bond donors (Lipinski definition) is 2. The number of Topliss-reactive ketones (excluding diaryl/α,β-unsaturated/α-hetero) is 1. The number of ketones is 1. The van der Waals surface area contributed by atoms with E-state index in [-0.39, 0.29) is 29.0 Å². The second-order valence-corrected chi connectivity index (χ2v) is 7.09. The van der Waals surface area contributed by atoms with Gasteiger partial charge in [0.1, 0.15) is 11.8 Å². The van der Waals surface area contributed by atoms with Gasteiger partial charge < -0.3 is 15.2 Å². The lowest BCUT2D eigenvalue weighted by Gasteiger charge is -2.29. The molecule has 0 fully saturated rings. The number of aliphatic hydroxyl groups is 1. The van der Waals surface area contributed by atoms with Gasteiger partial charge in [-0.15, -0.1) is 0 Å². The summed E-state index contributed by atoms with van der Waals surface area (Å²) >= 11 is 0. The van der Waals surface area contributed by atoms with Crippen LogP contribution < -0.4 is 5.32 Å². The number of aliphatic imine (C=N–C) groups is 1. The zero-order valence-electron chi connectivity index (χ0n) is 15.4. The fraction of sp³-hybridized carbons (Fsp3) is 0.722. The Morgan fingerprint density at radius 1 is 1.38 bits per heavy atom. The summed E-state index contributed by atoms with van der Waals surface area (Å²) in [5, 5.41) is 13.1. The van der Waals surface area contributed by atoms with Crippen LogP contribution in [0.1, 0.15) is 52.9 Å². The fourth-order valence-corrected chi connectivity index (χ4v) is 3.01. The van der Waals surface area contributed by atoms with Crippen LogP contribution in [0, 0.1) is 5.41 Å². The molecule has 136 valence electrons. The van der Waals surface area contributed by atoms with Crippen LogP contribution >= 0.6 is 0 Å². The van der Waals surface area contributed by atoms with Crippen LogP contribution in [0.2, 0.25) is 0 Å². The summed E-state index contributed by atoms with van der Waals surface area (Å²) < 4.78 is 4.72. The minimum absolute atomic E-state index is 0.0362. The molecule has 0 amide bonds. The van der Waals surface area contributed by atoms with Gasteiger partial charge in [-0.1, -0.05) is 13.8 Å². The Hall–Kier alpha value is -1.69. The second kappa shape index (κ2) is 8.97. The van der Waals surface area contributed by atoms with Crippen molar-refractivity contribution in [2.45, 2.75) is 58.9 Å². The van der Waals surface area contributed by atoms with Gasteiger partial charge >= 0.3 is 5.97 Å².